The van der Waals surface area contributed by atoms with Crippen molar-refractivity contribution in [2.45, 2.75) is 33.1 Å². The van der Waals surface area contributed by atoms with Gasteiger partial charge in [-0.05, 0) is 46.7 Å². The Balaban J connectivity index is 1.83. The molecule has 19 heavy (non-hydrogen) atoms. The Morgan fingerprint density at radius 2 is 2.00 bits per heavy atom. The second-order valence-corrected chi connectivity index (χ2v) is 6.43. The van der Waals surface area contributed by atoms with E-state index in [9.17, 15) is 0 Å². The third-order valence-corrected chi connectivity index (χ3v) is 4.64. The molecule has 1 aromatic heterocycles. The summed E-state index contributed by atoms with van der Waals surface area (Å²) >= 11 is 0. The summed E-state index contributed by atoms with van der Waals surface area (Å²) in [4.78, 5) is 14.1. The van der Waals surface area contributed by atoms with Gasteiger partial charge in [0.25, 0.3) is 0 Å². The first-order chi connectivity index (χ1) is 9.08. The fourth-order valence-corrected chi connectivity index (χ4v) is 3.70. The molecule has 1 atom stereocenters. The molecule has 4 heteroatoms. The van der Waals surface area contributed by atoms with Crippen LogP contribution in [-0.4, -0.2) is 48.1 Å². The number of hydrogen-bond acceptors (Lipinski definition) is 4. The van der Waals surface area contributed by atoms with Crippen molar-refractivity contribution in [3.05, 3.63) is 17.6 Å². The fraction of sp³-hybridized carbons (Fsp3) is 0.733. The fourth-order valence-electron chi connectivity index (χ4n) is 3.70. The van der Waals surface area contributed by atoms with Crippen molar-refractivity contribution in [1.82, 2.24) is 14.9 Å². The van der Waals surface area contributed by atoms with E-state index < -0.39 is 0 Å². The minimum atomic E-state index is 0.491. The summed E-state index contributed by atoms with van der Waals surface area (Å²) in [5, 5.41) is 0. The van der Waals surface area contributed by atoms with Gasteiger partial charge in [0.15, 0.2) is 0 Å². The molecule has 3 rings (SSSR count). The lowest BCUT2D eigenvalue weighted by Gasteiger charge is -2.41. The summed E-state index contributed by atoms with van der Waals surface area (Å²) in [7, 11) is 2.24. The van der Waals surface area contributed by atoms with Crippen LogP contribution in [0.2, 0.25) is 0 Å². The molecular weight excluding hydrogens is 236 g/mol. The van der Waals surface area contributed by atoms with Crippen LogP contribution in [0.3, 0.4) is 0 Å². The van der Waals surface area contributed by atoms with Crippen LogP contribution in [-0.2, 0) is 0 Å². The summed E-state index contributed by atoms with van der Waals surface area (Å²) in [6.07, 6.45) is 5.84. The van der Waals surface area contributed by atoms with Gasteiger partial charge >= 0.3 is 0 Å². The van der Waals surface area contributed by atoms with Gasteiger partial charge in [0.05, 0.1) is 11.4 Å². The van der Waals surface area contributed by atoms with E-state index in [1.54, 1.807) is 0 Å². The zero-order valence-electron chi connectivity index (χ0n) is 12.3. The number of piperidine rings is 1. The van der Waals surface area contributed by atoms with Crippen LogP contribution in [0.25, 0.3) is 0 Å². The monoisotopic (exact) mass is 260 g/mol. The molecule has 2 fully saturated rings. The Bertz CT molecular complexity index is 469. The zero-order chi connectivity index (χ0) is 13.5. The van der Waals surface area contributed by atoms with Crippen molar-refractivity contribution in [2.24, 2.45) is 5.41 Å². The van der Waals surface area contributed by atoms with E-state index in [0.29, 0.717) is 5.41 Å². The molecule has 0 amide bonds. The Morgan fingerprint density at radius 1 is 1.16 bits per heavy atom. The first kappa shape index (κ1) is 12.9. The SMILES string of the molecule is Cc1cnc(C)c(N2CCCC3(CCN(C)C3)C2)n1. The highest BCUT2D eigenvalue weighted by Gasteiger charge is 2.40. The highest BCUT2D eigenvalue weighted by atomic mass is 15.2. The molecule has 4 nitrogen and oxygen atoms in total. The minimum Gasteiger partial charge on any atom is -0.355 e. The maximum Gasteiger partial charge on any atom is 0.150 e. The van der Waals surface area contributed by atoms with E-state index in [1.807, 2.05) is 13.1 Å². The molecule has 0 aliphatic carbocycles. The second kappa shape index (κ2) is 4.75. The van der Waals surface area contributed by atoms with Crippen molar-refractivity contribution in [3.8, 4) is 0 Å². The van der Waals surface area contributed by atoms with E-state index in [4.69, 9.17) is 4.98 Å². The second-order valence-electron chi connectivity index (χ2n) is 6.43. The minimum absolute atomic E-state index is 0.491. The molecule has 1 spiro atoms. The highest BCUT2D eigenvalue weighted by Crippen LogP contribution is 2.39. The lowest BCUT2D eigenvalue weighted by molar-refractivity contribution is 0.233. The van der Waals surface area contributed by atoms with Crippen LogP contribution in [0.15, 0.2) is 6.20 Å². The van der Waals surface area contributed by atoms with Crippen LogP contribution in [0.1, 0.15) is 30.7 Å². The molecule has 0 aromatic carbocycles. The van der Waals surface area contributed by atoms with E-state index >= 15 is 0 Å². The van der Waals surface area contributed by atoms with Crippen molar-refractivity contribution in [2.75, 3.05) is 38.1 Å². The van der Waals surface area contributed by atoms with Crippen molar-refractivity contribution in [3.63, 3.8) is 0 Å². The number of aryl methyl sites for hydroxylation is 2. The van der Waals surface area contributed by atoms with Gasteiger partial charge < -0.3 is 9.80 Å². The van der Waals surface area contributed by atoms with Gasteiger partial charge in [-0.1, -0.05) is 0 Å². The number of likely N-dealkylation sites (tertiary alicyclic amines) is 1. The third kappa shape index (κ3) is 2.46. The summed E-state index contributed by atoms with van der Waals surface area (Å²) in [5.74, 6) is 1.11. The quantitative estimate of drug-likeness (QED) is 0.773. The average Bonchev–Trinajstić information content (AvgIpc) is 2.73. The molecule has 2 saturated heterocycles. The molecule has 2 aliphatic heterocycles. The first-order valence-electron chi connectivity index (χ1n) is 7.32. The highest BCUT2D eigenvalue weighted by molar-refractivity contribution is 5.44. The molecule has 1 aromatic rings. The van der Waals surface area contributed by atoms with E-state index in [1.165, 1.54) is 32.4 Å². The van der Waals surface area contributed by atoms with Gasteiger partial charge in [0.1, 0.15) is 5.82 Å². The lowest BCUT2D eigenvalue weighted by Crippen LogP contribution is -2.45. The summed E-state index contributed by atoms with van der Waals surface area (Å²) in [5.41, 5.74) is 2.57. The topological polar surface area (TPSA) is 32.3 Å². The van der Waals surface area contributed by atoms with Crippen LogP contribution >= 0.6 is 0 Å². The van der Waals surface area contributed by atoms with Gasteiger partial charge in [-0.3, -0.25) is 4.98 Å². The van der Waals surface area contributed by atoms with Gasteiger partial charge in [0, 0.05) is 31.2 Å². The predicted molar refractivity (Wildman–Crippen MR) is 77.5 cm³/mol. The van der Waals surface area contributed by atoms with E-state index in [0.717, 1.165) is 30.3 Å². The van der Waals surface area contributed by atoms with E-state index in [-0.39, 0.29) is 0 Å². The third-order valence-electron chi connectivity index (χ3n) is 4.64. The number of rotatable bonds is 1. The number of anilines is 1. The molecule has 0 bridgehead atoms. The lowest BCUT2D eigenvalue weighted by atomic mass is 9.79. The standard InChI is InChI=1S/C15H24N4/c1-12-9-16-13(2)14(17-12)19-7-4-5-15(11-19)6-8-18(3)10-15/h9H,4-8,10-11H2,1-3H3. The van der Waals surface area contributed by atoms with Gasteiger partial charge in [-0.2, -0.15) is 0 Å². The molecule has 0 saturated carbocycles. The summed E-state index contributed by atoms with van der Waals surface area (Å²) in [6.45, 7) is 8.86. The number of nitrogens with zero attached hydrogens (tertiary/aromatic N) is 4. The zero-order valence-corrected chi connectivity index (χ0v) is 12.3. The van der Waals surface area contributed by atoms with Crippen LogP contribution in [0, 0.1) is 19.3 Å². The molecule has 1 unspecified atom stereocenters. The maximum absolute atomic E-state index is 4.72. The maximum atomic E-state index is 4.72. The molecule has 0 radical (unpaired) electrons. The summed E-state index contributed by atoms with van der Waals surface area (Å²) < 4.78 is 0. The Hall–Kier alpha value is -1.16. The van der Waals surface area contributed by atoms with Gasteiger partial charge in [0.2, 0.25) is 0 Å². The first-order valence-corrected chi connectivity index (χ1v) is 7.32. The van der Waals surface area contributed by atoms with E-state index in [2.05, 4.69) is 28.8 Å². The number of aromatic nitrogens is 2. The van der Waals surface area contributed by atoms with Gasteiger partial charge in [-0.15, -0.1) is 0 Å². The van der Waals surface area contributed by atoms with Crippen molar-refractivity contribution >= 4 is 5.82 Å². The van der Waals surface area contributed by atoms with Crippen LogP contribution in [0.5, 0.6) is 0 Å². The molecular formula is C15H24N4. The Labute approximate surface area is 115 Å². The predicted octanol–water partition coefficient (Wildman–Crippen LogP) is 2.02. The molecule has 104 valence electrons. The van der Waals surface area contributed by atoms with Gasteiger partial charge in [-0.25, -0.2) is 4.98 Å². The largest absolute Gasteiger partial charge is 0.355 e. The van der Waals surface area contributed by atoms with Crippen molar-refractivity contribution < 1.29 is 0 Å². The van der Waals surface area contributed by atoms with Crippen molar-refractivity contribution in [1.29, 1.82) is 0 Å². The molecule has 3 heterocycles. The molecule has 0 N–H and O–H groups in total. The average molecular weight is 260 g/mol. The summed E-state index contributed by atoms with van der Waals surface area (Å²) in [6, 6.07) is 0. The van der Waals surface area contributed by atoms with Crippen LogP contribution in [0.4, 0.5) is 5.82 Å². The smallest absolute Gasteiger partial charge is 0.150 e. The van der Waals surface area contributed by atoms with Crippen LogP contribution < -0.4 is 4.90 Å². The Morgan fingerprint density at radius 3 is 2.74 bits per heavy atom. The normalized spacial score (nSPS) is 28.3. The number of hydrogen-bond donors (Lipinski definition) is 0. The Kier molecular flexibility index (Phi) is 3.21. The molecule has 2 aliphatic rings.